The summed E-state index contributed by atoms with van der Waals surface area (Å²) in [5, 5.41) is 15.4. The van der Waals surface area contributed by atoms with Crippen LogP contribution in [0.4, 0.5) is 5.69 Å². The normalized spacial score (nSPS) is 13.3. The Morgan fingerprint density at radius 3 is 2.37 bits per heavy atom. The molecule has 2 aromatic rings. The molecule has 1 aliphatic rings. The second-order valence-corrected chi connectivity index (χ2v) is 9.85. The van der Waals surface area contributed by atoms with Crippen LogP contribution in [-0.2, 0) is 27.3 Å². The number of aliphatic carboxylic acids is 1. The fourth-order valence-corrected chi connectivity index (χ4v) is 3.46. The number of Topliss-reactive ketones (excluding diaryl/α,β-unsaturated/α-hetero) is 1. The average Bonchev–Trinajstić information content (AvgIpc) is 3.63. The van der Waals surface area contributed by atoms with Crippen LogP contribution in [0.2, 0.25) is 0 Å². The lowest BCUT2D eigenvalue weighted by Gasteiger charge is -2.19. The summed E-state index contributed by atoms with van der Waals surface area (Å²) in [5.41, 5.74) is 1.45. The Morgan fingerprint density at radius 1 is 1.03 bits per heavy atom. The monoisotopic (exact) mass is 482 g/mol. The number of hydrogen-bond acceptors (Lipinski definition) is 6. The molecular formula is C27H34N2O6. The summed E-state index contributed by atoms with van der Waals surface area (Å²) in [6.07, 6.45) is 2.33. The zero-order chi connectivity index (χ0) is 25.6. The third-order valence-electron chi connectivity index (χ3n) is 5.70. The van der Waals surface area contributed by atoms with Crippen molar-refractivity contribution in [1.82, 2.24) is 5.32 Å². The first-order valence-electron chi connectivity index (χ1n) is 11.8. The Balaban J connectivity index is 1.82. The van der Waals surface area contributed by atoms with Gasteiger partial charge in [0.1, 0.15) is 11.5 Å². The SMILES string of the molecule is COc1ccc(CC(=O)O)cc1Oc1ccc(NC(=O)C(C)(C)C)cc1CNCCC(=O)C1CC1. The van der Waals surface area contributed by atoms with Crippen LogP contribution in [0.3, 0.4) is 0 Å². The number of carboxylic acids is 1. The van der Waals surface area contributed by atoms with Crippen molar-refractivity contribution in [1.29, 1.82) is 0 Å². The van der Waals surface area contributed by atoms with E-state index in [0.29, 0.717) is 53.8 Å². The van der Waals surface area contributed by atoms with Gasteiger partial charge in [0.05, 0.1) is 13.5 Å². The topological polar surface area (TPSA) is 114 Å². The molecule has 1 aliphatic carbocycles. The maximum Gasteiger partial charge on any atom is 0.307 e. The number of ether oxygens (including phenoxy) is 2. The standard InChI is InChI=1S/C27H34N2O6/c1-27(2,3)26(33)29-20-8-10-22(19(15-20)16-28-12-11-21(30)18-6-7-18)35-24-13-17(14-25(31)32)5-9-23(24)34-4/h5,8-10,13,15,18,28H,6-7,11-12,14,16H2,1-4H3,(H,29,33)(H,31,32). The third-order valence-corrected chi connectivity index (χ3v) is 5.70. The third kappa shape index (κ3) is 7.82. The first kappa shape index (κ1) is 26.2. The molecule has 3 N–H and O–H groups in total. The summed E-state index contributed by atoms with van der Waals surface area (Å²) in [5.74, 6) is 0.873. The van der Waals surface area contributed by atoms with Crippen molar-refractivity contribution in [2.45, 2.75) is 53.0 Å². The summed E-state index contributed by atoms with van der Waals surface area (Å²) in [6, 6.07) is 10.4. The number of methoxy groups -OCH3 is 1. The van der Waals surface area contributed by atoms with E-state index in [0.717, 1.165) is 18.4 Å². The fourth-order valence-electron chi connectivity index (χ4n) is 3.46. The zero-order valence-electron chi connectivity index (χ0n) is 20.8. The summed E-state index contributed by atoms with van der Waals surface area (Å²) < 4.78 is 11.6. The second-order valence-electron chi connectivity index (χ2n) is 9.85. The minimum absolute atomic E-state index is 0.108. The van der Waals surface area contributed by atoms with Gasteiger partial charge in [-0.15, -0.1) is 0 Å². The van der Waals surface area contributed by atoms with Gasteiger partial charge in [-0.05, 0) is 48.7 Å². The molecule has 0 aromatic heterocycles. The van der Waals surface area contributed by atoms with E-state index in [1.54, 1.807) is 30.3 Å². The highest BCUT2D eigenvalue weighted by molar-refractivity contribution is 5.94. The van der Waals surface area contributed by atoms with Crippen molar-refractivity contribution >= 4 is 23.3 Å². The first-order chi connectivity index (χ1) is 16.6. The van der Waals surface area contributed by atoms with Gasteiger partial charge >= 0.3 is 5.97 Å². The molecule has 2 aromatic carbocycles. The number of carboxylic acid groups (broad SMARTS) is 1. The lowest BCUT2D eigenvalue weighted by Crippen LogP contribution is -2.27. The number of carbonyl (C=O) groups excluding carboxylic acids is 2. The second kappa shape index (κ2) is 11.4. The van der Waals surface area contributed by atoms with E-state index in [-0.39, 0.29) is 18.2 Å². The summed E-state index contributed by atoms with van der Waals surface area (Å²) in [4.78, 5) is 35.6. The van der Waals surface area contributed by atoms with Gasteiger partial charge < -0.3 is 25.2 Å². The van der Waals surface area contributed by atoms with Gasteiger partial charge in [-0.25, -0.2) is 0 Å². The van der Waals surface area contributed by atoms with Gasteiger partial charge in [0.15, 0.2) is 11.5 Å². The molecule has 1 amide bonds. The lowest BCUT2D eigenvalue weighted by molar-refractivity contribution is -0.136. The van der Waals surface area contributed by atoms with Crippen LogP contribution in [-0.4, -0.2) is 36.4 Å². The van der Waals surface area contributed by atoms with Gasteiger partial charge in [-0.2, -0.15) is 0 Å². The molecule has 188 valence electrons. The zero-order valence-corrected chi connectivity index (χ0v) is 20.8. The number of benzene rings is 2. The molecule has 3 rings (SSSR count). The minimum atomic E-state index is -0.939. The molecule has 1 saturated carbocycles. The molecule has 0 radical (unpaired) electrons. The molecule has 0 atom stereocenters. The Morgan fingerprint density at radius 2 is 1.74 bits per heavy atom. The van der Waals surface area contributed by atoms with Gasteiger partial charge in [-0.1, -0.05) is 26.8 Å². The van der Waals surface area contributed by atoms with Crippen molar-refractivity contribution in [2.75, 3.05) is 19.0 Å². The molecule has 0 heterocycles. The highest BCUT2D eigenvalue weighted by Gasteiger charge is 2.28. The van der Waals surface area contributed by atoms with E-state index in [2.05, 4.69) is 10.6 Å². The van der Waals surface area contributed by atoms with Crippen molar-refractivity contribution in [3.8, 4) is 17.2 Å². The van der Waals surface area contributed by atoms with E-state index in [9.17, 15) is 14.4 Å². The molecule has 35 heavy (non-hydrogen) atoms. The number of rotatable bonds is 12. The van der Waals surface area contributed by atoms with Crippen LogP contribution < -0.4 is 20.1 Å². The van der Waals surface area contributed by atoms with Crippen molar-refractivity contribution in [3.63, 3.8) is 0 Å². The molecule has 1 fully saturated rings. The lowest BCUT2D eigenvalue weighted by atomic mass is 9.95. The number of amides is 1. The van der Waals surface area contributed by atoms with Crippen LogP contribution in [0, 0.1) is 11.3 Å². The van der Waals surface area contributed by atoms with E-state index in [4.69, 9.17) is 14.6 Å². The molecule has 0 unspecified atom stereocenters. The summed E-state index contributed by atoms with van der Waals surface area (Å²) >= 11 is 0. The Hall–Kier alpha value is -3.39. The van der Waals surface area contributed by atoms with E-state index in [1.807, 2.05) is 26.8 Å². The Labute approximate surface area is 206 Å². The van der Waals surface area contributed by atoms with Gasteiger partial charge in [0.2, 0.25) is 5.91 Å². The van der Waals surface area contributed by atoms with Crippen molar-refractivity contribution in [3.05, 3.63) is 47.5 Å². The van der Waals surface area contributed by atoms with E-state index < -0.39 is 11.4 Å². The van der Waals surface area contributed by atoms with Crippen LogP contribution in [0.1, 0.15) is 51.2 Å². The first-order valence-corrected chi connectivity index (χ1v) is 11.8. The largest absolute Gasteiger partial charge is 0.493 e. The fraction of sp³-hybridized carbons (Fsp3) is 0.444. The number of ketones is 1. The molecule has 8 heteroatoms. The highest BCUT2D eigenvalue weighted by atomic mass is 16.5. The quantitative estimate of drug-likeness (QED) is 0.380. The summed E-state index contributed by atoms with van der Waals surface area (Å²) in [6.45, 7) is 6.50. The van der Waals surface area contributed by atoms with Gasteiger partial charge in [0, 0.05) is 42.1 Å². The number of nitrogens with one attached hydrogen (secondary N) is 2. The van der Waals surface area contributed by atoms with Crippen molar-refractivity contribution in [2.24, 2.45) is 11.3 Å². The number of carbonyl (C=O) groups is 3. The predicted octanol–water partition coefficient (Wildman–Crippen LogP) is 4.56. The van der Waals surface area contributed by atoms with Crippen LogP contribution in [0.5, 0.6) is 17.2 Å². The summed E-state index contributed by atoms with van der Waals surface area (Å²) in [7, 11) is 1.52. The molecule has 0 saturated heterocycles. The van der Waals surface area contributed by atoms with E-state index >= 15 is 0 Å². The molecule has 0 bridgehead atoms. The predicted molar refractivity (Wildman–Crippen MR) is 133 cm³/mol. The molecule has 8 nitrogen and oxygen atoms in total. The van der Waals surface area contributed by atoms with Crippen LogP contribution in [0.25, 0.3) is 0 Å². The van der Waals surface area contributed by atoms with E-state index in [1.165, 1.54) is 7.11 Å². The molecule has 0 spiro atoms. The number of anilines is 1. The highest BCUT2D eigenvalue weighted by Crippen LogP contribution is 2.35. The van der Waals surface area contributed by atoms with Crippen LogP contribution >= 0.6 is 0 Å². The van der Waals surface area contributed by atoms with Gasteiger partial charge in [-0.3, -0.25) is 14.4 Å². The minimum Gasteiger partial charge on any atom is -0.493 e. The molecular weight excluding hydrogens is 448 g/mol. The van der Waals surface area contributed by atoms with Crippen molar-refractivity contribution < 1.29 is 29.0 Å². The Kier molecular flexibility index (Phi) is 8.51. The maximum absolute atomic E-state index is 12.5. The Bertz CT molecular complexity index is 1090. The van der Waals surface area contributed by atoms with Crippen LogP contribution in [0.15, 0.2) is 36.4 Å². The smallest absolute Gasteiger partial charge is 0.307 e. The average molecular weight is 483 g/mol. The maximum atomic E-state index is 12.5. The number of hydrogen-bond donors (Lipinski definition) is 3. The molecule has 0 aliphatic heterocycles. The van der Waals surface area contributed by atoms with Gasteiger partial charge in [0.25, 0.3) is 0 Å².